The molecular formula is C25H29N3O6S. The Labute approximate surface area is 208 Å². The van der Waals surface area contributed by atoms with E-state index in [1.807, 2.05) is 32.0 Å². The number of carbonyl (C=O) groups is 3. The van der Waals surface area contributed by atoms with E-state index < -0.39 is 12.1 Å². The van der Waals surface area contributed by atoms with E-state index in [4.69, 9.17) is 14.2 Å². The summed E-state index contributed by atoms with van der Waals surface area (Å²) < 4.78 is 15.4. The topological polar surface area (TPSA) is 118 Å². The van der Waals surface area contributed by atoms with Gasteiger partial charge in [-0.2, -0.15) is 5.26 Å². The first-order valence-corrected chi connectivity index (χ1v) is 12.1. The van der Waals surface area contributed by atoms with Crippen molar-refractivity contribution in [1.82, 2.24) is 4.90 Å². The molecule has 3 rings (SSSR count). The lowest BCUT2D eigenvalue weighted by atomic mass is 9.95. The van der Waals surface area contributed by atoms with E-state index >= 15 is 0 Å². The van der Waals surface area contributed by atoms with Crippen LogP contribution in [0.5, 0.6) is 5.75 Å². The lowest BCUT2D eigenvalue weighted by Crippen LogP contribution is -2.36. The van der Waals surface area contributed by atoms with Crippen molar-refractivity contribution in [3.63, 3.8) is 0 Å². The predicted molar refractivity (Wildman–Crippen MR) is 131 cm³/mol. The Hall–Kier alpha value is -3.58. The van der Waals surface area contributed by atoms with Crippen molar-refractivity contribution in [2.24, 2.45) is 0 Å². The molecule has 186 valence electrons. The summed E-state index contributed by atoms with van der Waals surface area (Å²) in [5.74, 6) is 0.0217. The molecule has 1 atom stereocenters. The summed E-state index contributed by atoms with van der Waals surface area (Å²) in [6.45, 7) is 5.89. The number of thiophene rings is 1. The molecule has 1 aromatic heterocycles. The number of ether oxygens (including phenoxy) is 3. The number of carbonyl (C=O) groups excluding carboxylic acids is 3. The van der Waals surface area contributed by atoms with Crippen LogP contribution in [-0.2, 0) is 32.0 Å². The zero-order valence-corrected chi connectivity index (χ0v) is 21.1. The van der Waals surface area contributed by atoms with Gasteiger partial charge >= 0.3 is 12.1 Å². The minimum atomic E-state index is -0.513. The molecule has 10 heteroatoms. The van der Waals surface area contributed by atoms with Crippen LogP contribution >= 0.6 is 11.3 Å². The van der Waals surface area contributed by atoms with E-state index in [1.54, 1.807) is 7.11 Å². The monoisotopic (exact) mass is 499 g/mol. The highest BCUT2D eigenvalue weighted by atomic mass is 32.1. The number of esters is 1. The molecule has 0 spiro atoms. The van der Waals surface area contributed by atoms with Crippen LogP contribution in [0.2, 0.25) is 0 Å². The van der Waals surface area contributed by atoms with E-state index in [1.165, 1.54) is 23.2 Å². The van der Waals surface area contributed by atoms with Gasteiger partial charge in [-0.25, -0.2) is 4.79 Å². The highest BCUT2D eigenvalue weighted by Crippen LogP contribution is 2.37. The number of hydrogen-bond acceptors (Lipinski definition) is 8. The van der Waals surface area contributed by atoms with E-state index in [2.05, 4.69) is 11.4 Å². The molecule has 1 aromatic carbocycles. The second-order valence-corrected chi connectivity index (χ2v) is 9.45. The second-order valence-electron chi connectivity index (χ2n) is 8.34. The zero-order chi connectivity index (χ0) is 25.5. The van der Waals surface area contributed by atoms with Gasteiger partial charge in [0.1, 0.15) is 30.0 Å². The number of benzene rings is 1. The standard InChI is InChI=1S/C25H29N3O6S/c1-15-5-6-21(32-4)19(11-15)16(2)12-23(30)27-24-20(13-26)18-7-8-28(14-22(18)35-24)25(31)34-10-9-33-17(3)29/h5-6,11,16H,7-10,12,14H2,1-4H3,(H,27,30). The van der Waals surface area contributed by atoms with Gasteiger partial charge in [0.2, 0.25) is 5.91 Å². The summed E-state index contributed by atoms with van der Waals surface area (Å²) in [4.78, 5) is 38.4. The van der Waals surface area contributed by atoms with Crippen molar-refractivity contribution < 1.29 is 28.6 Å². The summed E-state index contributed by atoms with van der Waals surface area (Å²) in [5.41, 5.74) is 3.34. The van der Waals surface area contributed by atoms with Crippen molar-refractivity contribution in [3.8, 4) is 11.8 Å². The van der Waals surface area contributed by atoms with E-state index in [-0.39, 0.29) is 38.0 Å². The number of fused-ring (bicyclic) bond motifs is 1. The molecule has 1 N–H and O–H groups in total. The molecule has 1 unspecified atom stereocenters. The highest BCUT2D eigenvalue weighted by molar-refractivity contribution is 7.16. The summed E-state index contributed by atoms with van der Waals surface area (Å²) >= 11 is 1.30. The molecule has 35 heavy (non-hydrogen) atoms. The molecule has 0 aliphatic carbocycles. The van der Waals surface area contributed by atoms with Gasteiger partial charge in [-0.15, -0.1) is 11.3 Å². The van der Waals surface area contributed by atoms with Gasteiger partial charge in [-0.1, -0.05) is 24.6 Å². The third-order valence-electron chi connectivity index (χ3n) is 5.70. The third kappa shape index (κ3) is 6.51. The minimum absolute atomic E-state index is 0.000766. The lowest BCUT2D eigenvalue weighted by molar-refractivity contribution is -0.142. The molecule has 0 saturated heterocycles. The van der Waals surface area contributed by atoms with Crippen molar-refractivity contribution in [2.45, 2.75) is 46.1 Å². The molecule has 2 aromatic rings. The van der Waals surface area contributed by atoms with Crippen LogP contribution in [-0.4, -0.2) is 49.7 Å². The van der Waals surface area contributed by atoms with Crippen molar-refractivity contribution in [3.05, 3.63) is 45.3 Å². The summed E-state index contributed by atoms with van der Waals surface area (Å²) in [6.07, 6.45) is 0.204. The van der Waals surface area contributed by atoms with E-state index in [0.29, 0.717) is 23.5 Å². The fourth-order valence-electron chi connectivity index (χ4n) is 3.98. The summed E-state index contributed by atoms with van der Waals surface area (Å²) in [6, 6.07) is 8.08. The molecule has 2 heterocycles. The Bertz CT molecular complexity index is 1150. The van der Waals surface area contributed by atoms with Gasteiger partial charge in [0.05, 0.1) is 19.2 Å². The number of methoxy groups -OCH3 is 1. The van der Waals surface area contributed by atoms with Crippen molar-refractivity contribution in [1.29, 1.82) is 5.26 Å². The van der Waals surface area contributed by atoms with Crippen molar-refractivity contribution in [2.75, 3.05) is 32.2 Å². The second kappa shape index (κ2) is 11.7. The van der Waals surface area contributed by atoms with Crippen LogP contribution in [0.4, 0.5) is 9.80 Å². The van der Waals surface area contributed by atoms with Gasteiger partial charge in [0.25, 0.3) is 0 Å². The number of amides is 2. The number of rotatable bonds is 8. The molecule has 0 radical (unpaired) electrons. The number of nitrogens with one attached hydrogen (secondary N) is 1. The molecule has 0 saturated carbocycles. The quantitative estimate of drug-likeness (QED) is 0.429. The average molecular weight is 500 g/mol. The van der Waals surface area contributed by atoms with Crippen LogP contribution in [0.25, 0.3) is 0 Å². The average Bonchev–Trinajstić information content (AvgIpc) is 3.17. The SMILES string of the molecule is COc1ccc(C)cc1C(C)CC(=O)Nc1sc2c(c1C#N)CCN(C(=O)OCCOC(C)=O)C2. The Kier molecular flexibility index (Phi) is 8.71. The van der Waals surface area contributed by atoms with Gasteiger partial charge in [0.15, 0.2) is 0 Å². The first-order valence-electron chi connectivity index (χ1n) is 11.3. The summed E-state index contributed by atoms with van der Waals surface area (Å²) in [7, 11) is 1.61. The van der Waals surface area contributed by atoms with Crippen LogP contribution in [0.1, 0.15) is 53.3 Å². The molecular weight excluding hydrogens is 470 g/mol. The molecule has 9 nitrogen and oxygen atoms in total. The minimum Gasteiger partial charge on any atom is -0.496 e. The first-order chi connectivity index (χ1) is 16.7. The number of aryl methyl sites for hydroxylation is 1. The van der Waals surface area contributed by atoms with Gasteiger partial charge < -0.3 is 24.4 Å². The van der Waals surface area contributed by atoms with Crippen LogP contribution in [0, 0.1) is 18.3 Å². The molecule has 1 aliphatic heterocycles. The van der Waals surface area contributed by atoms with E-state index in [0.717, 1.165) is 27.3 Å². The fourth-order valence-corrected chi connectivity index (χ4v) is 5.21. The number of hydrogen-bond donors (Lipinski definition) is 1. The maximum Gasteiger partial charge on any atom is 0.410 e. The number of anilines is 1. The highest BCUT2D eigenvalue weighted by Gasteiger charge is 2.28. The van der Waals surface area contributed by atoms with Crippen LogP contribution < -0.4 is 10.1 Å². The Balaban J connectivity index is 1.64. The lowest BCUT2D eigenvalue weighted by Gasteiger charge is -2.26. The molecule has 1 aliphatic rings. The normalized spacial score (nSPS) is 13.3. The fraction of sp³-hybridized carbons (Fsp3) is 0.440. The van der Waals surface area contributed by atoms with E-state index in [9.17, 15) is 19.6 Å². The Morgan fingerprint density at radius 3 is 2.69 bits per heavy atom. The number of nitrogens with zero attached hydrogens (tertiary/aromatic N) is 2. The molecule has 0 bridgehead atoms. The van der Waals surface area contributed by atoms with Gasteiger partial charge in [0, 0.05) is 24.8 Å². The van der Waals surface area contributed by atoms with Crippen LogP contribution in [0.15, 0.2) is 18.2 Å². The summed E-state index contributed by atoms with van der Waals surface area (Å²) in [5, 5.41) is 13.1. The largest absolute Gasteiger partial charge is 0.496 e. The van der Waals surface area contributed by atoms with Gasteiger partial charge in [-0.05, 0) is 36.5 Å². The van der Waals surface area contributed by atoms with Crippen LogP contribution in [0.3, 0.4) is 0 Å². The maximum absolute atomic E-state index is 12.9. The molecule has 2 amide bonds. The van der Waals surface area contributed by atoms with Crippen molar-refractivity contribution >= 4 is 34.3 Å². The van der Waals surface area contributed by atoms with Gasteiger partial charge in [-0.3, -0.25) is 9.59 Å². The smallest absolute Gasteiger partial charge is 0.410 e. The predicted octanol–water partition coefficient (Wildman–Crippen LogP) is 4.13. The Morgan fingerprint density at radius 1 is 1.26 bits per heavy atom. The first kappa shape index (κ1) is 26.0. The zero-order valence-electron chi connectivity index (χ0n) is 20.3. The maximum atomic E-state index is 12.9. The third-order valence-corrected chi connectivity index (χ3v) is 6.83. The number of nitriles is 1. The Morgan fingerprint density at radius 2 is 2.00 bits per heavy atom. The molecule has 0 fully saturated rings.